The molecule has 27 heavy (non-hydrogen) atoms. The SMILES string of the molecule is CCOCCn1c(COc2cccc(C)c2C)nc2cc(C(=O)O)ccc21. The van der Waals surface area contributed by atoms with Gasteiger partial charge < -0.3 is 19.1 Å². The van der Waals surface area contributed by atoms with Crippen molar-refractivity contribution in [2.24, 2.45) is 0 Å². The van der Waals surface area contributed by atoms with E-state index in [0.29, 0.717) is 31.9 Å². The molecule has 1 aromatic heterocycles. The van der Waals surface area contributed by atoms with E-state index in [1.165, 1.54) is 5.56 Å². The van der Waals surface area contributed by atoms with Crippen LogP contribution in [0.5, 0.6) is 5.75 Å². The lowest BCUT2D eigenvalue weighted by atomic mass is 10.1. The highest BCUT2D eigenvalue weighted by Crippen LogP contribution is 2.23. The second kappa shape index (κ2) is 8.22. The van der Waals surface area contributed by atoms with Gasteiger partial charge in [0.15, 0.2) is 0 Å². The van der Waals surface area contributed by atoms with Gasteiger partial charge in [0.25, 0.3) is 0 Å². The summed E-state index contributed by atoms with van der Waals surface area (Å²) in [6, 6.07) is 10.9. The second-order valence-electron chi connectivity index (χ2n) is 6.37. The Morgan fingerprint density at radius 2 is 2.04 bits per heavy atom. The Labute approximate surface area is 158 Å². The molecule has 0 unspecified atom stereocenters. The average Bonchev–Trinajstić information content (AvgIpc) is 3.00. The van der Waals surface area contributed by atoms with Gasteiger partial charge in [-0.2, -0.15) is 0 Å². The minimum Gasteiger partial charge on any atom is -0.485 e. The number of nitrogens with zero attached hydrogens (tertiary/aromatic N) is 2. The Morgan fingerprint density at radius 3 is 2.78 bits per heavy atom. The van der Waals surface area contributed by atoms with Crippen LogP contribution in [0.25, 0.3) is 11.0 Å². The number of ether oxygens (including phenoxy) is 2. The quantitative estimate of drug-likeness (QED) is 0.609. The van der Waals surface area contributed by atoms with Crippen LogP contribution >= 0.6 is 0 Å². The number of benzene rings is 2. The zero-order valence-electron chi connectivity index (χ0n) is 15.9. The highest BCUT2D eigenvalue weighted by atomic mass is 16.5. The van der Waals surface area contributed by atoms with Gasteiger partial charge in [0.05, 0.1) is 23.2 Å². The van der Waals surface area contributed by atoms with Gasteiger partial charge in [0.2, 0.25) is 0 Å². The first-order chi connectivity index (χ1) is 13.0. The average molecular weight is 368 g/mol. The number of carboxylic acids is 1. The summed E-state index contributed by atoms with van der Waals surface area (Å²) < 4.78 is 13.5. The summed E-state index contributed by atoms with van der Waals surface area (Å²) in [5, 5.41) is 9.22. The van der Waals surface area contributed by atoms with Crippen molar-refractivity contribution in [3.8, 4) is 5.75 Å². The summed E-state index contributed by atoms with van der Waals surface area (Å²) in [4.78, 5) is 15.9. The van der Waals surface area contributed by atoms with E-state index in [0.717, 1.165) is 22.7 Å². The summed E-state index contributed by atoms with van der Waals surface area (Å²) in [5.74, 6) is 0.603. The summed E-state index contributed by atoms with van der Waals surface area (Å²) >= 11 is 0. The van der Waals surface area contributed by atoms with Crippen LogP contribution in [0.15, 0.2) is 36.4 Å². The van der Waals surface area contributed by atoms with Gasteiger partial charge in [-0.05, 0) is 56.2 Å². The first kappa shape index (κ1) is 18.9. The first-order valence-corrected chi connectivity index (χ1v) is 9.00. The largest absolute Gasteiger partial charge is 0.485 e. The maximum absolute atomic E-state index is 11.2. The molecule has 1 N–H and O–H groups in total. The number of carboxylic acid groups (broad SMARTS) is 1. The van der Waals surface area contributed by atoms with Crippen LogP contribution in [-0.4, -0.2) is 33.8 Å². The maximum atomic E-state index is 11.2. The summed E-state index contributed by atoms with van der Waals surface area (Å²) in [5.41, 5.74) is 4.01. The molecule has 3 rings (SSSR count). The van der Waals surface area contributed by atoms with E-state index in [1.54, 1.807) is 18.2 Å². The molecule has 0 spiro atoms. The molecule has 1 heterocycles. The highest BCUT2D eigenvalue weighted by Gasteiger charge is 2.14. The van der Waals surface area contributed by atoms with Crippen molar-refractivity contribution < 1.29 is 19.4 Å². The molecule has 3 aromatic rings. The molecule has 6 heteroatoms. The van der Waals surface area contributed by atoms with Gasteiger partial charge >= 0.3 is 5.97 Å². The molecule has 0 amide bonds. The number of rotatable bonds is 8. The maximum Gasteiger partial charge on any atom is 0.335 e. The normalized spacial score (nSPS) is 11.1. The molecule has 0 aliphatic carbocycles. The summed E-state index contributed by atoms with van der Waals surface area (Å²) in [7, 11) is 0. The van der Waals surface area contributed by atoms with Crippen molar-refractivity contribution in [3.63, 3.8) is 0 Å². The van der Waals surface area contributed by atoms with E-state index in [9.17, 15) is 9.90 Å². The van der Waals surface area contributed by atoms with E-state index in [4.69, 9.17) is 9.47 Å². The number of hydrogen-bond acceptors (Lipinski definition) is 4. The van der Waals surface area contributed by atoms with Gasteiger partial charge in [-0.3, -0.25) is 0 Å². The number of fused-ring (bicyclic) bond motifs is 1. The first-order valence-electron chi connectivity index (χ1n) is 9.00. The van der Waals surface area contributed by atoms with Crippen molar-refractivity contribution in [1.29, 1.82) is 0 Å². The van der Waals surface area contributed by atoms with Crippen LogP contribution in [0, 0.1) is 13.8 Å². The van der Waals surface area contributed by atoms with Gasteiger partial charge in [0.1, 0.15) is 18.2 Å². The van der Waals surface area contributed by atoms with Crippen LogP contribution in [-0.2, 0) is 17.9 Å². The Morgan fingerprint density at radius 1 is 1.22 bits per heavy atom. The Kier molecular flexibility index (Phi) is 5.76. The lowest BCUT2D eigenvalue weighted by Crippen LogP contribution is -2.11. The molecule has 0 aliphatic heterocycles. The van der Waals surface area contributed by atoms with Crippen molar-refractivity contribution in [3.05, 3.63) is 58.9 Å². The van der Waals surface area contributed by atoms with Crippen molar-refractivity contribution in [2.45, 2.75) is 33.9 Å². The van der Waals surface area contributed by atoms with Crippen molar-refractivity contribution >= 4 is 17.0 Å². The highest BCUT2D eigenvalue weighted by molar-refractivity contribution is 5.92. The smallest absolute Gasteiger partial charge is 0.335 e. The fraction of sp³-hybridized carbons (Fsp3) is 0.333. The fourth-order valence-corrected chi connectivity index (χ4v) is 3.00. The Hall–Kier alpha value is -2.86. The Balaban J connectivity index is 1.92. The van der Waals surface area contributed by atoms with Crippen LogP contribution in [0.3, 0.4) is 0 Å². The third kappa shape index (κ3) is 4.11. The van der Waals surface area contributed by atoms with E-state index >= 15 is 0 Å². The minimum atomic E-state index is -0.964. The van der Waals surface area contributed by atoms with E-state index in [1.807, 2.05) is 43.5 Å². The second-order valence-corrected chi connectivity index (χ2v) is 6.37. The zero-order chi connectivity index (χ0) is 19.4. The van der Waals surface area contributed by atoms with Crippen LogP contribution < -0.4 is 4.74 Å². The van der Waals surface area contributed by atoms with Gasteiger partial charge in [0, 0.05) is 13.2 Å². The number of aromatic carboxylic acids is 1. The molecule has 0 atom stereocenters. The van der Waals surface area contributed by atoms with Crippen LogP contribution in [0.4, 0.5) is 0 Å². The molecule has 0 saturated carbocycles. The van der Waals surface area contributed by atoms with Gasteiger partial charge in [-0.1, -0.05) is 12.1 Å². The van der Waals surface area contributed by atoms with Gasteiger partial charge in [-0.25, -0.2) is 9.78 Å². The molecule has 0 radical (unpaired) electrons. The molecule has 6 nitrogen and oxygen atoms in total. The molecule has 0 saturated heterocycles. The monoisotopic (exact) mass is 368 g/mol. The van der Waals surface area contributed by atoms with Gasteiger partial charge in [-0.15, -0.1) is 0 Å². The minimum absolute atomic E-state index is 0.221. The number of aromatic nitrogens is 2. The zero-order valence-corrected chi connectivity index (χ0v) is 15.9. The lowest BCUT2D eigenvalue weighted by molar-refractivity contribution is 0.0697. The predicted molar refractivity (Wildman–Crippen MR) is 103 cm³/mol. The van der Waals surface area contributed by atoms with Crippen molar-refractivity contribution in [1.82, 2.24) is 9.55 Å². The number of aryl methyl sites for hydroxylation is 1. The van der Waals surface area contributed by atoms with E-state index in [2.05, 4.69) is 4.98 Å². The standard InChI is InChI=1S/C21H24N2O4/c1-4-26-11-10-23-18-9-8-16(21(24)25)12-17(18)22-20(23)13-27-19-7-5-6-14(2)15(19)3/h5-9,12H,4,10-11,13H2,1-3H3,(H,24,25). The fourth-order valence-electron chi connectivity index (χ4n) is 3.00. The van der Waals surface area contributed by atoms with E-state index in [-0.39, 0.29) is 5.56 Å². The molecular weight excluding hydrogens is 344 g/mol. The Bertz CT molecular complexity index is 962. The third-order valence-electron chi connectivity index (χ3n) is 4.65. The molecule has 0 aliphatic rings. The molecular formula is C21H24N2O4. The van der Waals surface area contributed by atoms with Crippen LogP contribution in [0.2, 0.25) is 0 Å². The third-order valence-corrected chi connectivity index (χ3v) is 4.65. The number of hydrogen-bond donors (Lipinski definition) is 1. The van der Waals surface area contributed by atoms with E-state index < -0.39 is 5.97 Å². The molecule has 2 aromatic carbocycles. The summed E-state index contributed by atoms with van der Waals surface area (Å²) in [6.45, 7) is 8.16. The molecule has 0 bridgehead atoms. The molecule has 0 fully saturated rings. The van der Waals surface area contributed by atoms with Crippen LogP contribution in [0.1, 0.15) is 34.2 Å². The number of imidazole rings is 1. The summed E-state index contributed by atoms with van der Waals surface area (Å²) in [6.07, 6.45) is 0. The lowest BCUT2D eigenvalue weighted by Gasteiger charge is -2.13. The van der Waals surface area contributed by atoms with Crippen molar-refractivity contribution in [2.75, 3.05) is 13.2 Å². The predicted octanol–water partition coefficient (Wildman–Crippen LogP) is 3.97. The molecule has 142 valence electrons. The number of carbonyl (C=O) groups is 1. The topological polar surface area (TPSA) is 73.6 Å².